The highest BCUT2D eigenvalue weighted by molar-refractivity contribution is 7.85. The first-order valence-corrected chi connectivity index (χ1v) is 24.0. The molecule has 7 rings (SSSR count). The number of methoxy groups -OCH3 is 1. The van der Waals surface area contributed by atoms with Gasteiger partial charge in [0.2, 0.25) is 11.8 Å². The topological polar surface area (TPSA) is 216 Å². The lowest BCUT2D eigenvalue weighted by Gasteiger charge is -2.35. The highest BCUT2D eigenvalue weighted by Crippen LogP contribution is 2.45. The standard InChI is InChI=1S/C46H57N7O10S2/c1-9-28-23-46(28,42(56)52-65(58,59)63-37-17-13-10-14-27(37)4)51-40(54)36-21-31(24-53(36)41(55)39(45(5,6)7)50-44(57)62-29-15-11-12-16-29)61-38-22-34(35-25-64-43(49-35)47-26(2)3)48-33-20-30(60-8)18-19-32(33)38/h9-10,13-14,17-20,22,25-26,28-29,31,36,39H,1,11-12,15-16,21,23-24H2,2-8H3,(H,47,49)(H,50,57)(H,51,54)(H,52,56)/t28?,31-,36+,39-,46-/m1/s1. The highest BCUT2D eigenvalue weighted by Gasteiger charge is 2.62. The van der Waals surface area contributed by atoms with Crippen molar-refractivity contribution in [2.24, 2.45) is 11.3 Å². The van der Waals surface area contributed by atoms with Gasteiger partial charge >= 0.3 is 16.4 Å². The third kappa shape index (κ3) is 10.8. The number of ether oxygens (including phenoxy) is 3. The van der Waals surface area contributed by atoms with E-state index in [9.17, 15) is 27.6 Å². The van der Waals surface area contributed by atoms with Crippen LogP contribution >= 0.6 is 11.3 Å². The maximum atomic E-state index is 14.9. The number of nitrogens with zero attached hydrogens (tertiary/aromatic N) is 3. The minimum atomic E-state index is -4.69. The number of anilines is 1. The van der Waals surface area contributed by atoms with Gasteiger partial charge in [-0.1, -0.05) is 45.0 Å². The van der Waals surface area contributed by atoms with Crippen molar-refractivity contribution in [2.75, 3.05) is 19.0 Å². The van der Waals surface area contributed by atoms with E-state index in [1.165, 1.54) is 28.4 Å². The lowest BCUT2D eigenvalue weighted by atomic mass is 9.85. The van der Waals surface area contributed by atoms with E-state index >= 15 is 0 Å². The van der Waals surface area contributed by atoms with Crippen LogP contribution in [0.1, 0.15) is 78.7 Å². The molecule has 1 saturated heterocycles. The maximum Gasteiger partial charge on any atom is 0.409 e. The molecule has 1 unspecified atom stereocenters. The molecule has 4 N–H and O–H groups in total. The zero-order valence-corrected chi connectivity index (χ0v) is 39.3. The summed E-state index contributed by atoms with van der Waals surface area (Å²) in [5.41, 5.74) is -0.381. The summed E-state index contributed by atoms with van der Waals surface area (Å²) >= 11 is 1.44. The number of fused-ring (bicyclic) bond motifs is 1. The van der Waals surface area contributed by atoms with Gasteiger partial charge in [0, 0.05) is 41.3 Å². The number of hydrogen-bond acceptors (Lipinski definition) is 14. The van der Waals surface area contributed by atoms with E-state index < -0.39 is 69.2 Å². The van der Waals surface area contributed by atoms with Crippen LogP contribution < -0.4 is 34.3 Å². The number of hydrogen-bond donors (Lipinski definition) is 4. The SMILES string of the molecule is C=CC1C[C@]1(NC(=O)[C@@H]1C[C@@H](Oc2cc(-c3csc(NC(C)C)n3)nc3cc(OC)ccc23)CN1C(=O)[C@@H](NC(=O)OC1CCCC1)C(C)(C)C)C(=O)NS(=O)(=O)Oc1ccccc1C. The number of rotatable bonds is 16. The number of alkyl carbamates (subject to hydrolysis) is 1. The van der Waals surface area contributed by atoms with Gasteiger partial charge < -0.3 is 39.2 Å². The number of para-hydroxylation sites is 1. The van der Waals surface area contributed by atoms with Gasteiger partial charge in [-0.2, -0.15) is 8.42 Å². The minimum Gasteiger partial charge on any atom is -0.497 e. The monoisotopic (exact) mass is 931 g/mol. The number of nitrogens with one attached hydrogen (secondary N) is 4. The number of thiazole rings is 1. The Labute approximate surface area is 383 Å². The molecule has 19 heteroatoms. The van der Waals surface area contributed by atoms with Crippen molar-refractivity contribution in [1.82, 2.24) is 30.2 Å². The molecule has 3 heterocycles. The third-order valence-corrected chi connectivity index (χ3v) is 13.4. The van der Waals surface area contributed by atoms with Crippen molar-refractivity contribution < 1.29 is 46.0 Å². The Morgan fingerprint density at radius 3 is 2.40 bits per heavy atom. The summed E-state index contributed by atoms with van der Waals surface area (Å²) in [6.07, 6.45) is 2.98. The predicted molar refractivity (Wildman–Crippen MR) is 246 cm³/mol. The van der Waals surface area contributed by atoms with E-state index in [2.05, 4.69) is 22.5 Å². The molecule has 0 bridgehead atoms. The lowest BCUT2D eigenvalue weighted by Crippen LogP contribution is -2.60. The molecule has 4 aromatic rings. The number of pyridine rings is 1. The largest absolute Gasteiger partial charge is 0.497 e. The molecule has 5 atom stereocenters. The predicted octanol–water partition coefficient (Wildman–Crippen LogP) is 6.43. The Hall–Kier alpha value is -5.95. The molecular weight excluding hydrogens is 875 g/mol. The Morgan fingerprint density at radius 1 is 1.00 bits per heavy atom. The van der Waals surface area contributed by atoms with Crippen molar-refractivity contribution in [3.63, 3.8) is 0 Å². The summed E-state index contributed by atoms with van der Waals surface area (Å²) in [7, 11) is -3.14. The van der Waals surface area contributed by atoms with Crippen LogP contribution in [0.25, 0.3) is 22.3 Å². The fourth-order valence-electron chi connectivity index (χ4n) is 8.25. The van der Waals surface area contributed by atoms with Gasteiger partial charge in [-0.05, 0) is 82.1 Å². The summed E-state index contributed by atoms with van der Waals surface area (Å²) in [5.74, 6) is -1.99. The van der Waals surface area contributed by atoms with E-state index in [0.29, 0.717) is 39.4 Å². The summed E-state index contributed by atoms with van der Waals surface area (Å²) in [6, 6.07) is 11.3. The number of amides is 4. The zero-order valence-electron chi connectivity index (χ0n) is 37.6. The van der Waals surface area contributed by atoms with Crippen molar-refractivity contribution in [3.05, 3.63) is 72.1 Å². The van der Waals surface area contributed by atoms with E-state index in [-0.39, 0.29) is 37.3 Å². The highest BCUT2D eigenvalue weighted by atomic mass is 32.2. The van der Waals surface area contributed by atoms with Gasteiger partial charge in [0.15, 0.2) is 5.13 Å². The van der Waals surface area contributed by atoms with Gasteiger partial charge in [0.1, 0.15) is 52.8 Å². The molecule has 348 valence electrons. The zero-order chi connectivity index (χ0) is 46.8. The van der Waals surface area contributed by atoms with E-state index in [1.807, 2.05) is 30.0 Å². The summed E-state index contributed by atoms with van der Waals surface area (Å²) < 4.78 is 51.5. The molecule has 4 amide bonds. The molecule has 65 heavy (non-hydrogen) atoms. The molecular formula is C46H57N7O10S2. The normalized spacial score (nSPS) is 21.4. The van der Waals surface area contributed by atoms with Crippen LogP contribution in [0.3, 0.4) is 0 Å². The van der Waals surface area contributed by atoms with Crippen molar-refractivity contribution in [3.8, 4) is 28.6 Å². The summed E-state index contributed by atoms with van der Waals surface area (Å²) in [5, 5.41) is 12.1. The van der Waals surface area contributed by atoms with Gasteiger partial charge in [-0.25, -0.2) is 19.5 Å². The van der Waals surface area contributed by atoms with Gasteiger partial charge in [0.05, 0.1) is 24.9 Å². The fraction of sp³-hybridized carbons (Fsp3) is 0.478. The maximum absolute atomic E-state index is 14.9. The van der Waals surface area contributed by atoms with E-state index in [0.717, 1.165) is 30.8 Å². The number of likely N-dealkylation sites (tertiary alicyclic amines) is 1. The van der Waals surface area contributed by atoms with Crippen LogP contribution in [-0.4, -0.2) is 96.6 Å². The Bertz CT molecular complexity index is 2570. The van der Waals surface area contributed by atoms with Crippen LogP contribution in [0.15, 0.2) is 66.6 Å². The Kier molecular flexibility index (Phi) is 13.7. The number of carbonyl (C=O) groups excluding carboxylic acids is 4. The van der Waals surface area contributed by atoms with Crippen LogP contribution in [0.2, 0.25) is 0 Å². The van der Waals surface area contributed by atoms with Gasteiger partial charge in [-0.3, -0.25) is 14.4 Å². The second-order valence-corrected chi connectivity index (χ2v) is 20.3. The van der Waals surface area contributed by atoms with Crippen molar-refractivity contribution in [2.45, 2.75) is 116 Å². The second kappa shape index (κ2) is 18.9. The number of carbonyl (C=O) groups is 4. The molecule has 1 aliphatic heterocycles. The van der Waals surface area contributed by atoms with Crippen LogP contribution in [0.5, 0.6) is 17.2 Å². The smallest absolute Gasteiger partial charge is 0.409 e. The van der Waals surface area contributed by atoms with Crippen molar-refractivity contribution >= 4 is 61.5 Å². The first kappa shape index (κ1) is 47.0. The third-order valence-electron chi connectivity index (χ3n) is 11.8. The summed E-state index contributed by atoms with van der Waals surface area (Å²) in [4.78, 5) is 67.8. The van der Waals surface area contributed by atoms with Gasteiger partial charge in [0.25, 0.3) is 5.91 Å². The van der Waals surface area contributed by atoms with Crippen LogP contribution in [0.4, 0.5) is 9.93 Å². The first-order chi connectivity index (χ1) is 30.8. The molecule has 3 aliphatic rings. The van der Waals surface area contributed by atoms with Crippen LogP contribution in [-0.2, 0) is 29.4 Å². The summed E-state index contributed by atoms with van der Waals surface area (Å²) in [6.45, 7) is 14.8. The fourth-order valence-corrected chi connectivity index (χ4v) is 9.97. The lowest BCUT2D eigenvalue weighted by molar-refractivity contribution is -0.143. The van der Waals surface area contributed by atoms with Crippen molar-refractivity contribution in [1.29, 1.82) is 0 Å². The Morgan fingerprint density at radius 2 is 1.74 bits per heavy atom. The molecule has 3 fully saturated rings. The molecule has 2 aliphatic carbocycles. The molecule has 2 aromatic heterocycles. The van der Waals surface area contributed by atoms with E-state index in [4.69, 9.17) is 28.4 Å². The minimum absolute atomic E-state index is 0.0231. The van der Waals surface area contributed by atoms with E-state index in [1.54, 1.807) is 71.2 Å². The number of aromatic nitrogens is 2. The number of aryl methyl sites for hydroxylation is 1. The second-order valence-electron chi connectivity index (χ2n) is 18.2. The molecule has 2 saturated carbocycles. The van der Waals surface area contributed by atoms with Crippen LogP contribution in [0, 0.1) is 18.3 Å². The molecule has 0 radical (unpaired) electrons. The van der Waals surface area contributed by atoms with Gasteiger partial charge in [-0.15, -0.1) is 17.9 Å². The average molecular weight is 932 g/mol. The number of benzene rings is 2. The first-order valence-electron chi connectivity index (χ1n) is 21.7. The average Bonchev–Trinajstić information content (AvgIpc) is 3.65. The Balaban J connectivity index is 1.20. The molecule has 0 spiro atoms. The molecule has 2 aromatic carbocycles. The molecule has 17 nitrogen and oxygen atoms in total. The quantitative estimate of drug-likeness (QED) is 0.0893.